The summed E-state index contributed by atoms with van der Waals surface area (Å²) in [6, 6.07) is 4.67. The van der Waals surface area contributed by atoms with Gasteiger partial charge < -0.3 is 14.2 Å². The average Bonchev–Trinajstić information content (AvgIpc) is 2.33. The molecule has 2 rings (SSSR count). The van der Waals surface area contributed by atoms with Gasteiger partial charge >= 0.3 is 5.97 Å². The Bertz CT molecular complexity index is 454. The lowest BCUT2D eigenvalue weighted by Gasteiger charge is -2.38. The van der Waals surface area contributed by atoms with Gasteiger partial charge in [-0.3, -0.25) is 4.79 Å². The standard InChI is InChI=1S/C13H15FO4/c1-16-11-4-3-9(5-10(11)14)6-13(7-18-8-13)12(15)17-2/h3-5H,6-8H2,1-2H3. The first kappa shape index (κ1) is 12.8. The molecule has 98 valence electrons. The van der Waals surface area contributed by atoms with Crippen molar-refractivity contribution < 1.29 is 23.4 Å². The normalized spacial score (nSPS) is 16.8. The second-order valence-electron chi connectivity index (χ2n) is 4.41. The van der Waals surface area contributed by atoms with E-state index >= 15 is 0 Å². The van der Waals surface area contributed by atoms with Crippen molar-refractivity contribution >= 4 is 5.97 Å². The van der Waals surface area contributed by atoms with Gasteiger partial charge in [0, 0.05) is 0 Å². The van der Waals surface area contributed by atoms with Crippen LogP contribution in [0.25, 0.3) is 0 Å². The van der Waals surface area contributed by atoms with E-state index in [9.17, 15) is 9.18 Å². The van der Waals surface area contributed by atoms with Gasteiger partial charge in [0.05, 0.1) is 27.4 Å². The molecule has 0 aromatic heterocycles. The number of hydrogen-bond donors (Lipinski definition) is 0. The van der Waals surface area contributed by atoms with Crippen LogP contribution in [-0.4, -0.2) is 33.4 Å². The van der Waals surface area contributed by atoms with Crippen LogP contribution in [0.1, 0.15) is 5.56 Å². The second-order valence-corrected chi connectivity index (χ2v) is 4.41. The summed E-state index contributed by atoms with van der Waals surface area (Å²) in [5, 5.41) is 0. The molecule has 0 atom stereocenters. The van der Waals surface area contributed by atoms with Crippen molar-refractivity contribution in [3.63, 3.8) is 0 Å². The van der Waals surface area contributed by atoms with E-state index in [0.717, 1.165) is 5.56 Å². The lowest BCUT2D eigenvalue weighted by atomic mass is 9.80. The zero-order valence-corrected chi connectivity index (χ0v) is 10.4. The van der Waals surface area contributed by atoms with Gasteiger partial charge in [0.25, 0.3) is 0 Å². The molecule has 0 saturated carbocycles. The van der Waals surface area contributed by atoms with Crippen molar-refractivity contribution in [2.75, 3.05) is 27.4 Å². The third-order valence-electron chi connectivity index (χ3n) is 3.13. The summed E-state index contributed by atoms with van der Waals surface area (Å²) in [7, 11) is 2.75. The van der Waals surface area contributed by atoms with Crippen LogP contribution >= 0.6 is 0 Å². The Morgan fingerprint density at radius 1 is 1.44 bits per heavy atom. The largest absolute Gasteiger partial charge is 0.494 e. The number of carbonyl (C=O) groups is 1. The number of methoxy groups -OCH3 is 2. The molecular formula is C13H15FO4. The van der Waals surface area contributed by atoms with Gasteiger partial charge in [-0.1, -0.05) is 6.07 Å². The molecule has 4 nitrogen and oxygen atoms in total. The van der Waals surface area contributed by atoms with Crippen LogP contribution in [0.5, 0.6) is 5.75 Å². The number of hydrogen-bond acceptors (Lipinski definition) is 4. The number of esters is 1. The van der Waals surface area contributed by atoms with Crippen molar-refractivity contribution in [1.29, 1.82) is 0 Å². The van der Waals surface area contributed by atoms with Crippen molar-refractivity contribution in [3.8, 4) is 5.75 Å². The molecule has 0 unspecified atom stereocenters. The minimum Gasteiger partial charge on any atom is -0.494 e. The lowest BCUT2D eigenvalue weighted by molar-refractivity contribution is -0.182. The number of benzene rings is 1. The van der Waals surface area contributed by atoms with Crippen molar-refractivity contribution in [2.24, 2.45) is 5.41 Å². The number of halogens is 1. The molecule has 1 heterocycles. The molecule has 1 aromatic rings. The third kappa shape index (κ3) is 2.18. The van der Waals surface area contributed by atoms with Crippen LogP contribution < -0.4 is 4.74 Å². The van der Waals surface area contributed by atoms with Gasteiger partial charge in [0.2, 0.25) is 0 Å². The molecule has 0 amide bonds. The molecule has 0 aliphatic carbocycles. The minimum atomic E-state index is -0.671. The maximum absolute atomic E-state index is 13.6. The van der Waals surface area contributed by atoms with Crippen LogP contribution in [0.4, 0.5) is 4.39 Å². The van der Waals surface area contributed by atoms with E-state index in [1.165, 1.54) is 20.3 Å². The topological polar surface area (TPSA) is 44.8 Å². The van der Waals surface area contributed by atoms with Crippen LogP contribution in [-0.2, 0) is 20.7 Å². The SMILES string of the molecule is COC(=O)C1(Cc2ccc(OC)c(F)c2)COC1. The molecule has 1 aliphatic rings. The molecule has 0 radical (unpaired) electrons. The van der Waals surface area contributed by atoms with E-state index in [0.29, 0.717) is 19.6 Å². The van der Waals surface area contributed by atoms with Gasteiger partial charge in [0.15, 0.2) is 11.6 Å². The highest BCUT2D eigenvalue weighted by atomic mass is 19.1. The van der Waals surface area contributed by atoms with Gasteiger partial charge in [-0.25, -0.2) is 4.39 Å². The maximum atomic E-state index is 13.6. The van der Waals surface area contributed by atoms with Crippen LogP contribution in [0.2, 0.25) is 0 Å². The fourth-order valence-corrected chi connectivity index (χ4v) is 2.07. The smallest absolute Gasteiger partial charge is 0.316 e. The molecular weight excluding hydrogens is 239 g/mol. The Morgan fingerprint density at radius 2 is 2.17 bits per heavy atom. The fraction of sp³-hybridized carbons (Fsp3) is 0.462. The lowest BCUT2D eigenvalue weighted by Crippen LogP contribution is -2.51. The number of carbonyl (C=O) groups excluding carboxylic acids is 1. The summed E-state index contributed by atoms with van der Waals surface area (Å²) >= 11 is 0. The molecule has 5 heteroatoms. The summed E-state index contributed by atoms with van der Waals surface area (Å²) in [4.78, 5) is 11.7. The van der Waals surface area contributed by atoms with Crippen molar-refractivity contribution in [3.05, 3.63) is 29.6 Å². The van der Waals surface area contributed by atoms with Gasteiger partial charge in [0.1, 0.15) is 5.41 Å². The summed E-state index contributed by atoms with van der Waals surface area (Å²) in [5.74, 6) is -0.559. The molecule has 1 aromatic carbocycles. The Kier molecular flexibility index (Phi) is 3.52. The van der Waals surface area contributed by atoms with Crippen LogP contribution in [0.15, 0.2) is 18.2 Å². The van der Waals surface area contributed by atoms with E-state index in [1.54, 1.807) is 12.1 Å². The Labute approximate surface area is 105 Å². The summed E-state index contributed by atoms with van der Waals surface area (Å²) in [6.07, 6.45) is 0.403. The van der Waals surface area contributed by atoms with Crippen molar-refractivity contribution in [2.45, 2.75) is 6.42 Å². The third-order valence-corrected chi connectivity index (χ3v) is 3.13. The quantitative estimate of drug-likeness (QED) is 0.765. The predicted molar refractivity (Wildman–Crippen MR) is 61.9 cm³/mol. The first-order valence-electron chi connectivity index (χ1n) is 5.60. The maximum Gasteiger partial charge on any atom is 0.316 e. The van der Waals surface area contributed by atoms with Crippen LogP contribution in [0, 0.1) is 11.2 Å². The second kappa shape index (κ2) is 4.94. The monoisotopic (exact) mass is 254 g/mol. The van der Waals surface area contributed by atoms with Crippen LogP contribution in [0.3, 0.4) is 0 Å². The summed E-state index contributed by atoms with van der Waals surface area (Å²) in [6.45, 7) is 0.626. The highest BCUT2D eigenvalue weighted by Gasteiger charge is 2.47. The highest BCUT2D eigenvalue weighted by Crippen LogP contribution is 2.34. The zero-order chi connectivity index (χ0) is 13.2. The highest BCUT2D eigenvalue weighted by molar-refractivity contribution is 5.78. The molecule has 0 bridgehead atoms. The molecule has 0 N–H and O–H groups in total. The summed E-state index contributed by atoms with van der Waals surface area (Å²) < 4.78 is 28.3. The van der Waals surface area contributed by atoms with Crippen molar-refractivity contribution in [1.82, 2.24) is 0 Å². The fourth-order valence-electron chi connectivity index (χ4n) is 2.07. The van der Waals surface area contributed by atoms with E-state index < -0.39 is 11.2 Å². The minimum absolute atomic E-state index is 0.190. The van der Waals surface area contributed by atoms with E-state index in [4.69, 9.17) is 14.2 Å². The molecule has 1 fully saturated rings. The summed E-state index contributed by atoms with van der Waals surface area (Å²) in [5.41, 5.74) is 0.0532. The molecule has 0 spiro atoms. The first-order chi connectivity index (χ1) is 8.61. The number of rotatable bonds is 4. The zero-order valence-electron chi connectivity index (χ0n) is 10.4. The Balaban J connectivity index is 2.18. The van der Waals surface area contributed by atoms with Gasteiger partial charge in [-0.15, -0.1) is 0 Å². The Hall–Kier alpha value is -1.62. The van der Waals surface area contributed by atoms with E-state index in [1.807, 2.05) is 0 Å². The predicted octanol–water partition coefficient (Wildman–Crippen LogP) is 1.57. The first-order valence-corrected chi connectivity index (χ1v) is 5.60. The van der Waals surface area contributed by atoms with E-state index in [-0.39, 0.29) is 11.7 Å². The molecule has 1 saturated heterocycles. The molecule has 1 aliphatic heterocycles. The molecule has 18 heavy (non-hydrogen) atoms. The average molecular weight is 254 g/mol. The van der Waals surface area contributed by atoms with Gasteiger partial charge in [-0.2, -0.15) is 0 Å². The van der Waals surface area contributed by atoms with Gasteiger partial charge in [-0.05, 0) is 24.1 Å². The number of ether oxygens (including phenoxy) is 3. The van der Waals surface area contributed by atoms with E-state index in [2.05, 4.69) is 0 Å². The Morgan fingerprint density at radius 3 is 2.61 bits per heavy atom.